The summed E-state index contributed by atoms with van der Waals surface area (Å²) in [7, 11) is 3.44. The third-order valence-corrected chi connectivity index (χ3v) is 5.61. The number of nitrogens with one attached hydrogen (secondary N) is 1. The van der Waals surface area contributed by atoms with E-state index in [9.17, 15) is 4.79 Å². The van der Waals surface area contributed by atoms with E-state index in [1.807, 2.05) is 44.0 Å². The number of ether oxygens (including phenoxy) is 1. The highest BCUT2D eigenvalue weighted by molar-refractivity contribution is 6.18. The molecule has 0 aromatic carbocycles. The number of carbonyl (C=O) groups is 1. The van der Waals surface area contributed by atoms with Crippen molar-refractivity contribution in [1.29, 1.82) is 0 Å². The van der Waals surface area contributed by atoms with Gasteiger partial charge in [-0.05, 0) is 51.0 Å². The number of fused-ring (bicyclic) bond motifs is 2. The molecule has 2 aliphatic rings. The number of rotatable bonds is 4. The molecule has 150 valence electrons. The first kappa shape index (κ1) is 20.0. The second-order valence-corrected chi connectivity index (χ2v) is 7.11. The van der Waals surface area contributed by atoms with Crippen LogP contribution >= 0.6 is 0 Å². The van der Waals surface area contributed by atoms with E-state index in [4.69, 9.17) is 4.74 Å². The molecule has 1 saturated heterocycles. The van der Waals surface area contributed by atoms with E-state index in [2.05, 4.69) is 39.3 Å². The van der Waals surface area contributed by atoms with Gasteiger partial charge in [0.15, 0.2) is 0 Å². The highest BCUT2D eigenvalue weighted by Crippen LogP contribution is 2.38. The molecule has 1 aromatic rings. The molecule has 28 heavy (non-hydrogen) atoms. The van der Waals surface area contributed by atoms with Crippen LogP contribution in [0.1, 0.15) is 38.8 Å². The van der Waals surface area contributed by atoms with Crippen molar-refractivity contribution in [1.82, 2.24) is 14.8 Å². The molecule has 1 N–H and O–H groups in total. The largest absolute Gasteiger partial charge is 0.497 e. The molecule has 0 atom stereocenters. The second-order valence-electron chi connectivity index (χ2n) is 7.11. The first-order valence-electron chi connectivity index (χ1n) is 9.83. The number of amides is 1. The minimum atomic E-state index is -0.180. The number of piperidine rings is 1. The van der Waals surface area contributed by atoms with Gasteiger partial charge in [0, 0.05) is 38.4 Å². The molecule has 6 nitrogen and oxygen atoms in total. The Morgan fingerprint density at radius 3 is 2.71 bits per heavy atom. The average Bonchev–Trinajstić information content (AvgIpc) is 3.22. The van der Waals surface area contributed by atoms with Crippen molar-refractivity contribution in [3.05, 3.63) is 54.1 Å². The summed E-state index contributed by atoms with van der Waals surface area (Å²) in [5.74, 6) is 1.77. The van der Waals surface area contributed by atoms with Crippen molar-refractivity contribution in [2.75, 3.05) is 27.2 Å². The molecular formula is C22H30N4O2. The Morgan fingerprint density at radius 2 is 2.11 bits per heavy atom. The fourth-order valence-corrected chi connectivity index (χ4v) is 4.12. The van der Waals surface area contributed by atoms with Crippen LogP contribution in [0, 0.1) is 0 Å². The predicted molar refractivity (Wildman–Crippen MR) is 113 cm³/mol. The number of aromatic nitrogens is 1. The van der Waals surface area contributed by atoms with Crippen molar-refractivity contribution in [2.45, 2.75) is 38.6 Å². The van der Waals surface area contributed by atoms with Gasteiger partial charge in [-0.2, -0.15) is 0 Å². The summed E-state index contributed by atoms with van der Waals surface area (Å²) >= 11 is 0. The molecule has 1 aromatic heterocycles. The number of hydrogen-bond acceptors (Lipinski definition) is 3. The van der Waals surface area contributed by atoms with Crippen molar-refractivity contribution in [2.24, 2.45) is 4.99 Å². The first-order valence-corrected chi connectivity index (χ1v) is 9.83. The maximum Gasteiger partial charge on any atom is 0.226 e. The number of likely N-dealkylation sites (tertiary alicyclic amines) is 1. The number of amidine groups is 1. The number of aliphatic imine (C=N–C) groups is 1. The molecule has 3 heterocycles. The third kappa shape index (κ3) is 3.63. The first-order chi connectivity index (χ1) is 13.6. The summed E-state index contributed by atoms with van der Waals surface area (Å²) in [6.45, 7) is 5.40. The number of carbonyl (C=O) groups excluding carboxylic acids is 1. The van der Waals surface area contributed by atoms with E-state index in [-0.39, 0.29) is 11.4 Å². The lowest BCUT2D eigenvalue weighted by Crippen LogP contribution is -2.57. The van der Waals surface area contributed by atoms with Crippen LogP contribution in [0.2, 0.25) is 0 Å². The summed E-state index contributed by atoms with van der Waals surface area (Å²) < 4.78 is 7.49. The van der Waals surface area contributed by atoms with Gasteiger partial charge in [0.1, 0.15) is 11.6 Å². The molecule has 0 unspecified atom stereocenters. The topological polar surface area (TPSA) is 58.9 Å². The van der Waals surface area contributed by atoms with Crippen LogP contribution in [0.3, 0.4) is 0 Å². The molecule has 0 radical (unpaired) electrons. The maximum atomic E-state index is 12.7. The maximum absolute atomic E-state index is 12.7. The Bertz CT molecular complexity index is 836. The van der Waals surface area contributed by atoms with Crippen LogP contribution in [0.15, 0.2) is 53.4 Å². The fourth-order valence-electron chi connectivity index (χ4n) is 4.12. The monoisotopic (exact) mass is 382 g/mol. The molecule has 1 amide bonds. The normalized spacial score (nSPS) is 22.0. The molecule has 0 saturated carbocycles. The highest BCUT2D eigenvalue weighted by atomic mass is 16.5. The SMILES string of the molecule is C/C=C\C(=C/CC(=O)N1CCC2(CC1)NC(=NC)/C(=C\C)n1cccc12)OC. The van der Waals surface area contributed by atoms with E-state index in [0.29, 0.717) is 6.42 Å². The third-order valence-electron chi connectivity index (χ3n) is 5.61. The van der Waals surface area contributed by atoms with Crippen molar-refractivity contribution < 1.29 is 9.53 Å². The Kier molecular flexibility index (Phi) is 6.07. The molecular weight excluding hydrogens is 352 g/mol. The summed E-state index contributed by atoms with van der Waals surface area (Å²) in [6, 6.07) is 4.25. The summed E-state index contributed by atoms with van der Waals surface area (Å²) in [6.07, 6.45) is 11.8. The van der Waals surface area contributed by atoms with Crippen LogP contribution in [0.25, 0.3) is 5.70 Å². The summed E-state index contributed by atoms with van der Waals surface area (Å²) in [5, 5.41) is 3.68. The van der Waals surface area contributed by atoms with Gasteiger partial charge in [-0.15, -0.1) is 0 Å². The number of nitrogens with zero attached hydrogens (tertiary/aromatic N) is 3. The van der Waals surface area contributed by atoms with Gasteiger partial charge in [-0.3, -0.25) is 9.79 Å². The standard InChI is InChI=1S/C22H30N4O2/c1-5-8-17(28-4)10-11-20(27)25-15-12-22(13-16-25)19-9-7-14-26(19)18(6-2)21(23-3)24-22/h5-10,14H,11-13,15-16H2,1-4H3,(H,23,24)/b8-5-,17-10+,18-6+. The molecule has 0 aliphatic carbocycles. The Labute approximate surface area is 167 Å². The zero-order valence-corrected chi connectivity index (χ0v) is 17.2. The number of hydrogen-bond donors (Lipinski definition) is 1. The van der Waals surface area contributed by atoms with Gasteiger partial charge >= 0.3 is 0 Å². The predicted octanol–water partition coefficient (Wildman–Crippen LogP) is 3.29. The van der Waals surface area contributed by atoms with Gasteiger partial charge in [0.25, 0.3) is 0 Å². The zero-order chi connectivity index (χ0) is 20.1. The molecule has 1 fully saturated rings. The minimum Gasteiger partial charge on any atom is -0.497 e. The molecule has 0 bridgehead atoms. The quantitative estimate of drug-likeness (QED) is 0.642. The van der Waals surface area contributed by atoms with Crippen LogP contribution in [-0.4, -0.2) is 48.5 Å². The van der Waals surface area contributed by atoms with Gasteiger partial charge < -0.3 is 19.5 Å². The molecule has 3 rings (SSSR count). The van der Waals surface area contributed by atoms with Gasteiger partial charge in [-0.1, -0.05) is 12.2 Å². The Morgan fingerprint density at radius 1 is 1.36 bits per heavy atom. The van der Waals surface area contributed by atoms with Gasteiger partial charge in [0.05, 0.1) is 18.3 Å². The van der Waals surface area contributed by atoms with E-state index >= 15 is 0 Å². The lowest BCUT2D eigenvalue weighted by Gasteiger charge is -2.46. The zero-order valence-electron chi connectivity index (χ0n) is 17.2. The smallest absolute Gasteiger partial charge is 0.226 e. The Hall–Kier alpha value is -2.76. The molecule has 2 aliphatic heterocycles. The minimum absolute atomic E-state index is 0.138. The summed E-state index contributed by atoms with van der Waals surface area (Å²) in [5.41, 5.74) is 2.14. The number of methoxy groups -OCH3 is 1. The lowest BCUT2D eigenvalue weighted by atomic mass is 9.82. The van der Waals surface area contributed by atoms with Crippen LogP contribution in [0.4, 0.5) is 0 Å². The van der Waals surface area contributed by atoms with Crippen molar-refractivity contribution >= 4 is 17.4 Å². The van der Waals surface area contributed by atoms with E-state index in [1.165, 1.54) is 5.69 Å². The Balaban J connectivity index is 1.74. The van der Waals surface area contributed by atoms with Crippen molar-refractivity contribution in [3.63, 3.8) is 0 Å². The van der Waals surface area contributed by atoms with Crippen LogP contribution in [-0.2, 0) is 15.1 Å². The van der Waals surface area contributed by atoms with Gasteiger partial charge in [0.2, 0.25) is 5.91 Å². The number of allylic oxidation sites excluding steroid dienone is 3. The van der Waals surface area contributed by atoms with E-state index in [1.54, 1.807) is 7.11 Å². The molecule has 1 spiro atoms. The van der Waals surface area contributed by atoms with Crippen LogP contribution < -0.4 is 5.32 Å². The van der Waals surface area contributed by atoms with Crippen LogP contribution in [0.5, 0.6) is 0 Å². The van der Waals surface area contributed by atoms with Crippen molar-refractivity contribution in [3.8, 4) is 0 Å². The van der Waals surface area contributed by atoms with Gasteiger partial charge in [-0.25, -0.2) is 0 Å². The fraction of sp³-hybridized carbons (Fsp3) is 0.455. The summed E-state index contributed by atoms with van der Waals surface area (Å²) in [4.78, 5) is 19.1. The molecule has 6 heteroatoms. The highest BCUT2D eigenvalue weighted by Gasteiger charge is 2.43. The average molecular weight is 383 g/mol. The second kappa shape index (κ2) is 8.50. The lowest BCUT2D eigenvalue weighted by molar-refractivity contribution is -0.132. The van der Waals surface area contributed by atoms with E-state index in [0.717, 1.165) is 43.2 Å². The van der Waals surface area contributed by atoms with E-state index < -0.39 is 0 Å².